The second-order valence-corrected chi connectivity index (χ2v) is 6.44. The molecule has 90 valence electrons. The standard InChI is InChI=1S/C12H15N3S2/c1-7-6-16-11(14-7)10(13)12-15-8-4-2-3-5-9(8)17-12/h6,10H,2-5,13H2,1H3. The van der Waals surface area contributed by atoms with Crippen molar-refractivity contribution in [3.8, 4) is 0 Å². The minimum atomic E-state index is -0.135. The van der Waals surface area contributed by atoms with Crippen molar-refractivity contribution in [1.82, 2.24) is 9.97 Å². The van der Waals surface area contributed by atoms with Gasteiger partial charge in [-0.3, -0.25) is 0 Å². The average molecular weight is 265 g/mol. The van der Waals surface area contributed by atoms with Gasteiger partial charge in [0.1, 0.15) is 16.1 Å². The molecule has 2 N–H and O–H groups in total. The number of thiazole rings is 2. The summed E-state index contributed by atoms with van der Waals surface area (Å²) < 4.78 is 0. The predicted molar refractivity (Wildman–Crippen MR) is 71.6 cm³/mol. The first-order valence-electron chi connectivity index (χ1n) is 5.90. The first-order valence-corrected chi connectivity index (χ1v) is 7.60. The van der Waals surface area contributed by atoms with Crippen LogP contribution in [0.1, 0.15) is 45.2 Å². The molecule has 1 atom stereocenters. The summed E-state index contributed by atoms with van der Waals surface area (Å²) in [6.07, 6.45) is 4.86. The molecule has 2 aromatic rings. The van der Waals surface area contributed by atoms with Gasteiger partial charge in [-0.05, 0) is 32.6 Å². The van der Waals surface area contributed by atoms with Gasteiger partial charge in [0.15, 0.2) is 0 Å². The van der Waals surface area contributed by atoms with Crippen molar-refractivity contribution in [1.29, 1.82) is 0 Å². The second-order valence-electron chi connectivity index (χ2n) is 4.43. The smallest absolute Gasteiger partial charge is 0.117 e. The van der Waals surface area contributed by atoms with Gasteiger partial charge in [0, 0.05) is 16.0 Å². The first-order chi connectivity index (χ1) is 8.24. The highest BCUT2D eigenvalue weighted by atomic mass is 32.1. The van der Waals surface area contributed by atoms with E-state index in [1.165, 1.54) is 29.8 Å². The van der Waals surface area contributed by atoms with E-state index in [0.29, 0.717) is 0 Å². The minimum Gasteiger partial charge on any atom is -0.316 e. The summed E-state index contributed by atoms with van der Waals surface area (Å²) in [6.45, 7) is 2.00. The summed E-state index contributed by atoms with van der Waals surface area (Å²) in [5, 5.41) is 4.06. The molecule has 2 heterocycles. The molecule has 0 amide bonds. The van der Waals surface area contributed by atoms with Crippen LogP contribution in [0.4, 0.5) is 0 Å². The van der Waals surface area contributed by atoms with Crippen LogP contribution < -0.4 is 5.73 Å². The third-order valence-corrected chi connectivity index (χ3v) is 5.32. The number of nitrogens with zero attached hydrogens (tertiary/aromatic N) is 2. The molecule has 0 fully saturated rings. The van der Waals surface area contributed by atoms with Crippen LogP contribution in [0.2, 0.25) is 0 Å². The Balaban J connectivity index is 1.91. The largest absolute Gasteiger partial charge is 0.316 e. The van der Waals surface area contributed by atoms with Crippen molar-refractivity contribution in [3.63, 3.8) is 0 Å². The second kappa shape index (κ2) is 4.48. The lowest BCUT2D eigenvalue weighted by atomic mass is 10.0. The predicted octanol–water partition coefficient (Wildman–Crippen LogP) is 2.83. The Kier molecular flexibility index (Phi) is 2.98. The van der Waals surface area contributed by atoms with E-state index >= 15 is 0 Å². The van der Waals surface area contributed by atoms with Crippen molar-refractivity contribution >= 4 is 22.7 Å². The van der Waals surface area contributed by atoms with Gasteiger partial charge in [0.2, 0.25) is 0 Å². The molecule has 0 aromatic carbocycles. The van der Waals surface area contributed by atoms with Gasteiger partial charge in [-0.25, -0.2) is 9.97 Å². The third-order valence-electron chi connectivity index (χ3n) is 3.03. The Morgan fingerprint density at radius 2 is 2.06 bits per heavy atom. The molecule has 1 unspecified atom stereocenters. The lowest BCUT2D eigenvalue weighted by Crippen LogP contribution is -2.11. The van der Waals surface area contributed by atoms with Crippen LogP contribution in [0, 0.1) is 6.92 Å². The fourth-order valence-corrected chi connectivity index (χ4v) is 4.16. The fraction of sp³-hybridized carbons (Fsp3) is 0.500. The average Bonchev–Trinajstić information content (AvgIpc) is 2.93. The summed E-state index contributed by atoms with van der Waals surface area (Å²) in [4.78, 5) is 10.6. The van der Waals surface area contributed by atoms with Gasteiger partial charge in [-0.1, -0.05) is 0 Å². The Labute approximate surface area is 109 Å². The molecule has 17 heavy (non-hydrogen) atoms. The number of aryl methyl sites for hydroxylation is 3. The minimum absolute atomic E-state index is 0.135. The molecule has 5 heteroatoms. The number of hydrogen-bond acceptors (Lipinski definition) is 5. The zero-order valence-corrected chi connectivity index (χ0v) is 11.4. The van der Waals surface area contributed by atoms with E-state index in [4.69, 9.17) is 10.7 Å². The van der Waals surface area contributed by atoms with E-state index in [2.05, 4.69) is 4.98 Å². The third kappa shape index (κ3) is 2.14. The highest BCUT2D eigenvalue weighted by molar-refractivity contribution is 7.12. The van der Waals surface area contributed by atoms with Crippen molar-refractivity contribution in [2.45, 2.75) is 38.6 Å². The Bertz CT molecular complexity index is 506. The van der Waals surface area contributed by atoms with Crippen molar-refractivity contribution in [2.24, 2.45) is 5.73 Å². The van der Waals surface area contributed by atoms with Crippen LogP contribution in [-0.2, 0) is 12.8 Å². The molecule has 3 rings (SSSR count). The molecule has 0 aliphatic heterocycles. The van der Waals surface area contributed by atoms with Crippen molar-refractivity contribution < 1.29 is 0 Å². The van der Waals surface area contributed by atoms with Crippen molar-refractivity contribution in [2.75, 3.05) is 0 Å². The van der Waals surface area contributed by atoms with Crippen LogP contribution in [0.15, 0.2) is 5.38 Å². The first kappa shape index (κ1) is 11.3. The molecular formula is C12H15N3S2. The van der Waals surface area contributed by atoms with Gasteiger partial charge in [-0.2, -0.15) is 0 Å². The molecule has 2 aromatic heterocycles. The zero-order valence-electron chi connectivity index (χ0n) is 9.77. The molecule has 1 aliphatic rings. The maximum Gasteiger partial charge on any atom is 0.117 e. The molecule has 1 aliphatic carbocycles. The highest BCUT2D eigenvalue weighted by Gasteiger charge is 2.21. The Hall–Kier alpha value is -0.780. The zero-order chi connectivity index (χ0) is 11.8. The fourth-order valence-electron chi connectivity index (χ4n) is 2.13. The summed E-state index contributed by atoms with van der Waals surface area (Å²) in [5.41, 5.74) is 8.56. The van der Waals surface area contributed by atoms with Crippen LogP contribution in [-0.4, -0.2) is 9.97 Å². The number of fused-ring (bicyclic) bond motifs is 1. The van der Waals surface area contributed by atoms with Crippen LogP contribution in [0.3, 0.4) is 0 Å². The molecule has 3 nitrogen and oxygen atoms in total. The van der Waals surface area contributed by atoms with E-state index in [-0.39, 0.29) is 6.04 Å². The molecule has 0 saturated carbocycles. The number of aromatic nitrogens is 2. The van der Waals surface area contributed by atoms with Crippen LogP contribution in [0.25, 0.3) is 0 Å². The molecule has 0 spiro atoms. The summed E-state index contributed by atoms with van der Waals surface area (Å²) >= 11 is 3.41. The van der Waals surface area contributed by atoms with Gasteiger partial charge >= 0.3 is 0 Å². The van der Waals surface area contributed by atoms with E-state index in [1.807, 2.05) is 12.3 Å². The molecular weight excluding hydrogens is 250 g/mol. The van der Waals surface area contributed by atoms with E-state index in [0.717, 1.165) is 22.1 Å². The summed E-state index contributed by atoms with van der Waals surface area (Å²) in [6, 6.07) is -0.135. The van der Waals surface area contributed by atoms with Gasteiger partial charge < -0.3 is 5.73 Å². The SMILES string of the molecule is Cc1csc(C(N)c2nc3c(s2)CCCC3)n1. The van der Waals surface area contributed by atoms with Gasteiger partial charge in [-0.15, -0.1) is 22.7 Å². The highest BCUT2D eigenvalue weighted by Crippen LogP contribution is 2.32. The topological polar surface area (TPSA) is 51.8 Å². The lowest BCUT2D eigenvalue weighted by Gasteiger charge is -2.06. The van der Waals surface area contributed by atoms with Crippen LogP contribution in [0.5, 0.6) is 0 Å². The maximum atomic E-state index is 6.24. The van der Waals surface area contributed by atoms with E-state index in [1.54, 1.807) is 22.7 Å². The normalized spacial score (nSPS) is 16.8. The Morgan fingerprint density at radius 1 is 1.24 bits per heavy atom. The monoisotopic (exact) mass is 265 g/mol. The Morgan fingerprint density at radius 3 is 2.76 bits per heavy atom. The number of hydrogen-bond donors (Lipinski definition) is 1. The summed E-state index contributed by atoms with van der Waals surface area (Å²) in [7, 11) is 0. The van der Waals surface area contributed by atoms with Gasteiger partial charge in [0.25, 0.3) is 0 Å². The molecule has 0 radical (unpaired) electrons. The quantitative estimate of drug-likeness (QED) is 0.908. The lowest BCUT2D eigenvalue weighted by molar-refractivity contribution is 0.678. The van der Waals surface area contributed by atoms with E-state index < -0.39 is 0 Å². The number of nitrogens with two attached hydrogens (primary N) is 1. The number of rotatable bonds is 2. The summed E-state index contributed by atoms with van der Waals surface area (Å²) in [5.74, 6) is 0. The molecule has 0 saturated heterocycles. The van der Waals surface area contributed by atoms with Crippen molar-refractivity contribution in [3.05, 3.63) is 31.7 Å². The molecule has 0 bridgehead atoms. The maximum absolute atomic E-state index is 6.24. The van der Waals surface area contributed by atoms with Gasteiger partial charge in [0.05, 0.1) is 5.69 Å². The van der Waals surface area contributed by atoms with Crippen LogP contribution >= 0.6 is 22.7 Å². The van der Waals surface area contributed by atoms with E-state index in [9.17, 15) is 0 Å².